The maximum absolute atomic E-state index is 12.1. The molecule has 5 heteroatoms. The highest BCUT2D eigenvalue weighted by molar-refractivity contribution is 5.86. The van der Waals surface area contributed by atoms with Gasteiger partial charge in [0.1, 0.15) is 19.0 Å². The third kappa shape index (κ3) is 9.37. The lowest BCUT2D eigenvalue weighted by atomic mass is 9.98. The zero-order valence-electron chi connectivity index (χ0n) is 27.0. The Morgan fingerprint density at radius 2 is 1.33 bits per heavy atom. The Morgan fingerprint density at radius 3 is 2.07 bits per heavy atom. The van der Waals surface area contributed by atoms with E-state index in [0.717, 1.165) is 76.8 Å². The van der Waals surface area contributed by atoms with Gasteiger partial charge in [-0.1, -0.05) is 110 Å². The molecule has 5 rings (SSSR count). The highest BCUT2D eigenvalue weighted by Crippen LogP contribution is 2.34. The van der Waals surface area contributed by atoms with Crippen molar-refractivity contribution in [1.29, 1.82) is 0 Å². The van der Waals surface area contributed by atoms with Crippen molar-refractivity contribution >= 4 is 16.7 Å². The van der Waals surface area contributed by atoms with Crippen molar-refractivity contribution in [2.24, 2.45) is 0 Å². The molecule has 0 aromatic heterocycles. The van der Waals surface area contributed by atoms with E-state index in [1.165, 1.54) is 5.56 Å². The van der Waals surface area contributed by atoms with Crippen LogP contribution in [0.2, 0.25) is 0 Å². The van der Waals surface area contributed by atoms with E-state index in [0.29, 0.717) is 26.4 Å². The number of benzene rings is 5. The van der Waals surface area contributed by atoms with Crippen molar-refractivity contribution in [2.45, 2.75) is 65.1 Å². The van der Waals surface area contributed by atoms with E-state index in [-0.39, 0.29) is 11.9 Å². The lowest BCUT2D eigenvalue weighted by Gasteiger charge is -2.17. The minimum atomic E-state index is -0.286. The van der Waals surface area contributed by atoms with Gasteiger partial charge >= 0.3 is 5.97 Å². The molecule has 5 nitrogen and oxygen atoms in total. The molecule has 5 aromatic rings. The van der Waals surface area contributed by atoms with E-state index >= 15 is 0 Å². The number of unbranched alkanes of at least 4 members (excludes halogenated alkanes) is 3. The third-order valence-electron chi connectivity index (χ3n) is 8.11. The molecule has 0 spiro atoms. The Balaban J connectivity index is 1.10. The molecule has 0 aliphatic heterocycles. The molecule has 0 unspecified atom stereocenters. The minimum Gasteiger partial charge on any atom is -0.494 e. The minimum absolute atomic E-state index is 0.194. The van der Waals surface area contributed by atoms with Crippen molar-refractivity contribution in [3.05, 3.63) is 138 Å². The zero-order chi connectivity index (χ0) is 32.0. The maximum atomic E-state index is 12.1. The summed E-state index contributed by atoms with van der Waals surface area (Å²) >= 11 is 0. The quantitative estimate of drug-likeness (QED) is 0.0769. The van der Waals surface area contributed by atoms with Gasteiger partial charge in [0.25, 0.3) is 0 Å². The zero-order valence-corrected chi connectivity index (χ0v) is 27.0. The lowest BCUT2D eigenvalue weighted by Crippen LogP contribution is -2.12. The van der Waals surface area contributed by atoms with Gasteiger partial charge in [0.05, 0.1) is 19.1 Å². The number of para-hydroxylation sites is 1. The van der Waals surface area contributed by atoms with Gasteiger partial charge in [-0.2, -0.15) is 0 Å². The molecule has 0 saturated carbocycles. The van der Waals surface area contributed by atoms with Crippen molar-refractivity contribution in [3.63, 3.8) is 0 Å². The molecule has 238 valence electrons. The monoisotopic (exact) mass is 616 g/mol. The molecule has 0 heterocycles. The molecule has 0 saturated heterocycles. The summed E-state index contributed by atoms with van der Waals surface area (Å²) in [6, 6.07) is 38.9. The Morgan fingerprint density at radius 1 is 0.652 bits per heavy atom. The number of hydrogen-bond acceptors (Lipinski definition) is 5. The molecular formula is C41H44O5. The summed E-state index contributed by atoms with van der Waals surface area (Å²) in [5.41, 5.74) is 4.39. The summed E-state index contributed by atoms with van der Waals surface area (Å²) in [6.45, 7) is 5.78. The van der Waals surface area contributed by atoms with E-state index in [2.05, 4.69) is 54.6 Å². The highest BCUT2D eigenvalue weighted by atomic mass is 16.5. The normalized spacial score (nSPS) is 11.6. The molecule has 1 atom stereocenters. The second kappa shape index (κ2) is 17.1. The summed E-state index contributed by atoms with van der Waals surface area (Å²) in [5.74, 6) is 2.01. The molecule has 0 aliphatic rings. The van der Waals surface area contributed by atoms with Crippen LogP contribution in [0.1, 0.15) is 67.7 Å². The first-order chi connectivity index (χ1) is 22.6. The second-order valence-corrected chi connectivity index (χ2v) is 11.5. The number of esters is 1. The summed E-state index contributed by atoms with van der Waals surface area (Å²) in [6.07, 6.45) is 5.18. The average molecular weight is 617 g/mol. The number of rotatable bonds is 17. The number of hydrogen-bond donors (Lipinski definition) is 0. The Hall–Kier alpha value is -4.77. The van der Waals surface area contributed by atoms with Crippen LogP contribution in [0.3, 0.4) is 0 Å². The molecule has 0 fully saturated rings. The second-order valence-electron chi connectivity index (χ2n) is 11.5. The first-order valence-corrected chi connectivity index (χ1v) is 16.4. The fourth-order valence-corrected chi connectivity index (χ4v) is 5.47. The molecule has 0 amide bonds. The van der Waals surface area contributed by atoms with Gasteiger partial charge in [-0.25, -0.2) is 0 Å². The van der Waals surface area contributed by atoms with Crippen LogP contribution >= 0.6 is 0 Å². The van der Waals surface area contributed by atoms with Crippen LogP contribution in [0.25, 0.3) is 10.8 Å². The molecule has 0 N–H and O–H groups in total. The first-order valence-electron chi connectivity index (χ1n) is 16.4. The van der Waals surface area contributed by atoms with Crippen LogP contribution in [0.5, 0.6) is 17.2 Å². The standard InChI is InChI=1S/C41H44O5/c1-3-43-41(42)31(2)35-22-23-37-28-38(25-24-36(37)27-35)44-26-13-5-4-12-19-34-20-14-21-39(45-29-32-15-8-6-9-16-32)40(34)46-30-33-17-10-7-11-18-33/h6-11,14-18,20-25,27-28,31H,3-5,12-13,19,26,29-30H2,1-2H3/t31-/m0/s1. The van der Waals surface area contributed by atoms with Gasteiger partial charge in [0, 0.05) is 0 Å². The third-order valence-corrected chi connectivity index (χ3v) is 8.11. The van der Waals surface area contributed by atoms with E-state index in [4.69, 9.17) is 18.9 Å². The van der Waals surface area contributed by atoms with Crippen molar-refractivity contribution in [1.82, 2.24) is 0 Å². The largest absolute Gasteiger partial charge is 0.494 e. The van der Waals surface area contributed by atoms with Gasteiger partial charge in [0.15, 0.2) is 11.5 Å². The van der Waals surface area contributed by atoms with Crippen molar-refractivity contribution in [3.8, 4) is 17.2 Å². The van der Waals surface area contributed by atoms with E-state index in [1.807, 2.05) is 74.5 Å². The smallest absolute Gasteiger partial charge is 0.313 e. The van der Waals surface area contributed by atoms with Gasteiger partial charge in [-0.3, -0.25) is 4.79 Å². The van der Waals surface area contributed by atoms with Crippen LogP contribution in [0, 0.1) is 0 Å². The summed E-state index contributed by atoms with van der Waals surface area (Å²) < 4.78 is 23.9. The number of carbonyl (C=O) groups is 1. The van der Waals surface area contributed by atoms with Crippen LogP contribution < -0.4 is 14.2 Å². The molecule has 46 heavy (non-hydrogen) atoms. The Labute approximate surface area is 273 Å². The van der Waals surface area contributed by atoms with Crippen LogP contribution in [0.15, 0.2) is 115 Å². The van der Waals surface area contributed by atoms with Crippen LogP contribution in [0.4, 0.5) is 0 Å². The predicted molar refractivity (Wildman–Crippen MR) is 185 cm³/mol. The Bertz CT molecular complexity index is 1670. The molecular weight excluding hydrogens is 572 g/mol. The number of aryl methyl sites for hydroxylation is 1. The van der Waals surface area contributed by atoms with Gasteiger partial charge < -0.3 is 18.9 Å². The van der Waals surface area contributed by atoms with Crippen molar-refractivity contribution in [2.75, 3.05) is 13.2 Å². The average Bonchev–Trinajstić information content (AvgIpc) is 3.10. The SMILES string of the molecule is CCOC(=O)[C@@H](C)c1ccc2cc(OCCCCCCc3cccc(OCc4ccccc4)c3OCc3ccccc3)ccc2c1. The summed E-state index contributed by atoms with van der Waals surface area (Å²) in [5, 5.41) is 2.18. The van der Waals surface area contributed by atoms with E-state index in [9.17, 15) is 4.79 Å². The molecule has 0 aliphatic carbocycles. The van der Waals surface area contributed by atoms with Crippen LogP contribution in [-0.2, 0) is 29.2 Å². The summed E-state index contributed by atoms with van der Waals surface area (Å²) in [4.78, 5) is 12.1. The lowest BCUT2D eigenvalue weighted by molar-refractivity contribution is -0.144. The fourth-order valence-electron chi connectivity index (χ4n) is 5.47. The summed E-state index contributed by atoms with van der Waals surface area (Å²) in [7, 11) is 0. The fraction of sp³-hybridized carbons (Fsp3) is 0.293. The number of ether oxygens (including phenoxy) is 4. The predicted octanol–water partition coefficient (Wildman–Crippen LogP) is 9.85. The van der Waals surface area contributed by atoms with E-state index in [1.54, 1.807) is 0 Å². The van der Waals surface area contributed by atoms with Gasteiger partial charge in [-0.05, 0) is 84.3 Å². The van der Waals surface area contributed by atoms with Gasteiger partial charge in [-0.15, -0.1) is 0 Å². The topological polar surface area (TPSA) is 54.0 Å². The number of carbonyl (C=O) groups excluding carboxylic acids is 1. The molecule has 5 aromatic carbocycles. The molecule has 0 bridgehead atoms. The maximum Gasteiger partial charge on any atom is 0.313 e. The van der Waals surface area contributed by atoms with Crippen LogP contribution in [-0.4, -0.2) is 19.2 Å². The molecule has 0 radical (unpaired) electrons. The highest BCUT2D eigenvalue weighted by Gasteiger charge is 2.17. The van der Waals surface area contributed by atoms with Gasteiger partial charge in [0.2, 0.25) is 0 Å². The van der Waals surface area contributed by atoms with Crippen molar-refractivity contribution < 1.29 is 23.7 Å². The number of fused-ring (bicyclic) bond motifs is 1. The van der Waals surface area contributed by atoms with E-state index < -0.39 is 0 Å². The first kappa shape index (κ1) is 32.6. The Kier molecular flexibility index (Phi) is 12.1.